The number of anilines is 1. The zero-order chi connectivity index (χ0) is 22.5. The number of phenolic OH excluding ortho intramolecular Hbond substituents is 1. The van der Waals surface area contributed by atoms with E-state index in [1.165, 1.54) is 39.5 Å². The van der Waals surface area contributed by atoms with Crippen molar-refractivity contribution in [3.8, 4) is 23.0 Å². The minimum Gasteiger partial charge on any atom is -0.506 e. The van der Waals surface area contributed by atoms with Crippen molar-refractivity contribution in [1.29, 1.82) is 0 Å². The molecule has 2 rings (SSSR count). The molecule has 2 aromatic rings. The largest absolute Gasteiger partial charge is 0.506 e. The summed E-state index contributed by atoms with van der Waals surface area (Å²) in [6.45, 7) is 6.33. The molecule has 0 bridgehead atoms. The first-order chi connectivity index (χ1) is 14.1. The first-order valence-corrected chi connectivity index (χ1v) is 9.47. The number of aromatic hydroxyl groups is 1. The molecule has 0 aliphatic carbocycles. The van der Waals surface area contributed by atoms with E-state index in [0.29, 0.717) is 29.4 Å². The van der Waals surface area contributed by atoms with Gasteiger partial charge in [0.2, 0.25) is 5.75 Å². The maximum Gasteiger partial charge on any atom is 0.256 e. The molecule has 4 N–H and O–H groups in total. The molecule has 0 radical (unpaired) electrons. The molecule has 164 valence electrons. The molecule has 1 unspecified atom stereocenters. The highest BCUT2D eigenvalue weighted by Gasteiger charge is 2.19. The molecule has 0 aliphatic heterocycles. The Bertz CT molecular complexity index is 867. The van der Waals surface area contributed by atoms with Crippen molar-refractivity contribution < 1.29 is 29.2 Å². The Labute approximate surface area is 176 Å². The van der Waals surface area contributed by atoms with Crippen molar-refractivity contribution in [2.45, 2.75) is 32.4 Å². The number of β-amino-alcohol motifs (C(OH)–C–C–N with tert-alkyl or cyclic N) is 1. The number of phenols is 1. The van der Waals surface area contributed by atoms with Gasteiger partial charge in [0, 0.05) is 17.6 Å². The second kappa shape index (κ2) is 9.69. The monoisotopic (exact) mass is 418 g/mol. The van der Waals surface area contributed by atoms with Gasteiger partial charge in [-0.3, -0.25) is 4.79 Å². The van der Waals surface area contributed by atoms with Crippen molar-refractivity contribution in [1.82, 2.24) is 5.32 Å². The lowest BCUT2D eigenvalue weighted by Crippen LogP contribution is -2.38. The van der Waals surface area contributed by atoms with Crippen molar-refractivity contribution in [3.05, 3.63) is 41.5 Å². The van der Waals surface area contributed by atoms with Gasteiger partial charge in [-0.1, -0.05) is 6.07 Å². The third-order valence-electron chi connectivity index (χ3n) is 4.41. The molecule has 8 nitrogen and oxygen atoms in total. The summed E-state index contributed by atoms with van der Waals surface area (Å²) in [7, 11) is 4.39. The number of carbonyl (C=O) groups excluding carboxylic acids is 1. The standard InChI is InChI=1S/C22H30N2O6/c1-22(2,3)23-12-17(26)13-7-8-16(25)15(9-13)24-21(27)14-10-18(28-4)20(30-6)19(11-14)29-5/h7-11,17,23,25-26H,12H2,1-6H3,(H,24,27). The van der Waals surface area contributed by atoms with Gasteiger partial charge in [0.05, 0.1) is 33.1 Å². The second-order valence-corrected chi connectivity index (χ2v) is 7.79. The SMILES string of the molecule is COc1cc(C(=O)Nc2cc(C(O)CNC(C)(C)C)ccc2O)cc(OC)c1OC. The summed E-state index contributed by atoms with van der Waals surface area (Å²) < 4.78 is 15.8. The normalized spacial score (nSPS) is 12.2. The highest BCUT2D eigenvalue weighted by Crippen LogP contribution is 2.38. The highest BCUT2D eigenvalue weighted by molar-refractivity contribution is 6.05. The van der Waals surface area contributed by atoms with Crippen LogP contribution in [0.2, 0.25) is 0 Å². The molecule has 0 saturated carbocycles. The van der Waals surface area contributed by atoms with Crippen LogP contribution in [0.3, 0.4) is 0 Å². The van der Waals surface area contributed by atoms with E-state index in [1.54, 1.807) is 12.1 Å². The van der Waals surface area contributed by atoms with Crippen LogP contribution >= 0.6 is 0 Å². The van der Waals surface area contributed by atoms with Gasteiger partial charge in [0.25, 0.3) is 5.91 Å². The molecular formula is C22H30N2O6. The number of rotatable bonds is 8. The molecule has 0 aliphatic rings. The van der Waals surface area contributed by atoms with Crippen LogP contribution in [0.25, 0.3) is 0 Å². The van der Waals surface area contributed by atoms with E-state index in [0.717, 1.165) is 0 Å². The molecule has 30 heavy (non-hydrogen) atoms. The minimum atomic E-state index is -0.804. The number of amides is 1. The first kappa shape index (κ1) is 23.3. The van der Waals surface area contributed by atoms with E-state index >= 15 is 0 Å². The Balaban J connectivity index is 2.26. The van der Waals surface area contributed by atoms with E-state index in [2.05, 4.69) is 10.6 Å². The van der Waals surface area contributed by atoms with Gasteiger partial charge in [-0.05, 0) is 50.6 Å². The predicted octanol–water partition coefficient (Wildman–Crippen LogP) is 3.09. The molecule has 1 amide bonds. The Morgan fingerprint density at radius 1 is 1.03 bits per heavy atom. The summed E-state index contributed by atoms with van der Waals surface area (Å²) in [4.78, 5) is 12.8. The van der Waals surface area contributed by atoms with E-state index in [9.17, 15) is 15.0 Å². The van der Waals surface area contributed by atoms with Crippen LogP contribution in [0.15, 0.2) is 30.3 Å². The Morgan fingerprint density at radius 3 is 2.13 bits per heavy atom. The van der Waals surface area contributed by atoms with Crippen molar-refractivity contribution in [3.63, 3.8) is 0 Å². The molecular weight excluding hydrogens is 388 g/mol. The van der Waals surface area contributed by atoms with Gasteiger partial charge in [-0.2, -0.15) is 0 Å². The third-order valence-corrected chi connectivity index (χ3v) is 4.41. The number of benzene rings is 2. The van der Waals surface area contributed by atoms with Crippen LogP contribution in [0.5, 0.6) is 23.0 Å². The number of hydrogen-bond donors (Lipinski definition) is 4. The molecule has 8 heteroatoms. The fourth-order valence-electron chi connectivity index (χ4n) is 2.79. The summed E-state index contributed by atoms with van der Waals surface area (Å²) in [5, 5.41) is 26.5. The molecule has 0 spiro atoms. The summed E-state index contributed by atoms with van der Waals surface area (Å²) in [6, 6.07) is 7.61. The molecule has 0 saturated heterocycles. The number of aliphatic hydroxyl groups is 1. The van der Waals surface area contributed by atoms with Crippen molar-refractivity contribution in [2.75, 3.05) is 33.2 Å². The van der Waals surface area contributed by atoms with Crippen molar-refractivity contribution in [2.24, 2.45) is 0 Å². The first-order valence-electron chi connectivity index (χ1n) is 9.47. The van der Waals surface area contributed by atoms with Gasteiger partial charge >= 0.3 is 0 Å². The molecule has 0 fully saturated rings. The summed E-state index contributed by atoms with van der Waals surface area (Å²) in [5.74, 6) is 0.447. The number of methoxy groups -OCH3 is 3. The van der Waals surface area contributed by atoms with Crippen LogP contribution in [-0.2, 0) is 0 Å². The fourth-order valence-corrected chi connectivity index (χ4v) is 2.79. The van der Waals surface area contributed by atoms with E-state index < -0.39 is 12.0 Å². The summed E-state index contributed by atoms with van der Waals surface area (Å²) in [6.07, 6.45) is -0.804. The van der Waals surface area contributed by atoms with Gasteiger partial charge in [0.1, 0.15) is 5.75 Å². The average Bonchev–Trinajstić information content (AvgIpc) is 2.71. The van der Waals surface area contributed by atoms with Gasteiger partial charge < -0.3 is 35.1 Å². The van der Waals surface area contributed by atoms with Gasteiger partial charge in [-0.25, -0.2) is 0 Å². The predicted molar refractivity (Wildman–Crippen MR) is 115 cm³/mol. The molecule has 0 heterocycles. The lowest BCUT2D eigenvalue weighted by atomic mass is 10.0. The fraction of sp³-hybridized carbons (Fsp3) is 0.409. The van der Waals surface area contributed by atoms with Crippen LogP contribution in [0.4, 0.5) is 5.69 Å². The van der Waals surface area contributed by atoms with E-state index in [1.807, 2.05) is 20.8 Å². The van der Waals surface area contributed by atoms with Crippen LogP contribution in [0.1, 0.15) is 42.8 Å². The van der Waals surface area contributed by atoms with E-state index in [-0.39, 0.29) is 22.5 Å². The maximum atomic E-state index is 12.8. The summed E-state index contributed by atoms with van der Waals surface area (Å²) >= 11 is 0. The number of nitrogens with one attached hydrogen (secondary N) is 2. The second-order valence-electron chi connectivity index (χ2n) is 7.79. The Morgan fingerprint density at radius 2 is 1.63 bits per heavy atom. The van der Waals surface area contributed by atoms with Crippen molar-refractivity contribution >= 4 is 11.6 Å². The highest BCUT2D eigenvalue weighted by atomic mass is 16.5. The number of ether oxygens (including phenoxy) is 3. The molecule has 1 atom stereocenters. The topological polar surface area (TPSA) is 109 Å². The lowest BCUT2D eigenvalue weighted by molar-refractivity contribution is 0.102. The molecule has 2 aromatic carbocycles. The third kappa shape index (κ3) is 5.77. The number of aliphatic hydroxyl groups excluding tert-OH is 1. The minimum absolute atomic E-state index is 0.115. The average molecular weight is 418 g/mol. The number of hydrogen-bond acceptors (Lipinski definition) is 7. The van der Waals surface area contributed by atoms with Crippen LogP contribution in [0, 0.1) is 0 Å². The van der Waals surface area contributed by atoms with E-state index in [4.69, 9.17) is 14.2 Å². The maximum absolute atomic E-state index is 12.8. The lowest BCUT2D eigenvalue weighted by Gasteiger charge is -2.23. The van der Waals surface area contributed by atoms with Crippen LogP contribution < -0.4 is 24.8 Å². The quantitative estimate of drug-likeness (QED) is 0.488. The Kier molecular flexibility index (Phi) is 7.53. The zero-order valence-electron chi connectivity index (χ0n) is 18.2. The molecule has 0 aromatic heterocycles. The summed E-state index contributed by atoms with van der Waals surface area (Å²) in [5.41, 5.74) is 0.844. The zero-order valence-corrected chi connectivity index (χ0v) is 18.2. The van der Waals surface area contributed by atoms with Gasteiger partial charge in [-0.15, -0.1) is 0 Å². The number of carbonyl (C=O) groups is 1. The van der Waals surface area contributed by atoms with Crippen LogP contribution in [-0.4, -0.2) is 49.5 Å². The Hall–Kier alpha value is -2.97. The smallest absolute Gasteiger partial charge is 0.256 e. The van der Waals surface area contributed by atoms with Gasteiger partial charge in [0.15, 0.2) is 11.5 Å².